The highest BCUT2D eigenvalue weighted by Crippen LogP contribution is 2.23. The standard InChI is InChI=1S/C10H15ClN2/c1-13(8-4-7-12)10-6-3-2-5-9(10)11/h2-3,5-6H,4,7-8,12H2,1H3. The van der Waals surface area contributed by atoms with E-state index in [0.29, 0.717) is 0 Å². The van der Waals surface area contributed by atoms with Gasteiger partial charge in [-0.1, -0.05) is 23.7 Å². The van der Waals surface area contributed by atoms with Crippen molar-refractivity contribution >= 4 is 17.3 Å². The van der Waals surface area contributed by atoms with Gasteiger partial charge in [-0.15, -0.1) is 0 Å². The molecule has 0 radical (unpaired) electrons. The Balaban J connectivity index is 2.65. The predicted molar refractivity (Wildman–Crippen MR) is 58.4 cm³/mol. The summed E-state index contributed by atoms with van der Waals surface area (Å²) in [6.45, 7) is 1.66. The molecule has 1 aromatic carbocycles. The zero-order valence-corrected chi connectivity index (χ0v) is 8.59. The molecule has 1 rings (SSSR count). The summed E-state index contributed by atoms with van der Waals surface area (Å²) in [6.07, 6.45) is 0.988. The Bertz CT molecular complexity index is 263. The minimum Gasteiger partial charge on any atom is -0.373 e. The topological polar surface area (TPSA) is 29.3 Å². The van der Waals surface area contributed by atoms with Crippen molar-refractivity contribution < 1.29 is 0 Å². The van der Waals surface area contributed by atoms with Crippen LogP contribution in [0.1, 0.15) is 6.42 Å². The van der Waals surface area contributed by atoms with E-state index in [1.807, 2.05) is 31.3 Å². The largest absolute Gasteiger partial charge is 0.373 e. The number of hydrogen-bond donors (Lipinski definition) is 1. The van der Waals surface area contributed by atoms with E-state index >= 15 is 0 Å². The van der Waals surface area contributed by atoms with E-state index in [9.17, 15) is 0 Å². The third-order valence-electron chi connectivity index (χ3n) is 1.96. The number of para-hydroxylation sites is 1. The van der Waals surface area contributed by atoms with E-state index in [4.69, 9.17) is 17.3 Å². The molecular weight excluding hydrogens is 184 g/mol. The third-order valence-corrected chi connectivity index (χ3v) is 2.28. The molecule has 13 heavy (non-hydrogen) atoms. The maximum absolute atomic E-state index is 6.03. The minimum absolute atomic E-state index is 0.717. The molecular formula is C10H15ClN2. The second-order valence-electron chi connectivity index (χ2n) is 3.02. The van der Waals surface area contributed by atoms with Gasteiger partial charge in [0.2, 0.25) is 0 Å². The SMILES string of the molecule is CN(CCCN)c1ccccc1Cl. The summed E-state index contributed by atoms with van der Waals surface area (Å²) in [7, 11) is 2.02. The van der Waals surface area contributed by atoms with Crippen LogP contribution in [-0.2, 0) is 0 Å². The van der Waals surface area contributed by atoms with Gasteiger partial charge in [0.1, 0.15) is 0 Å². The smallest absolute Gasteiger partial charge is 0.0639 e. The lowest BCUT2D eigenvalue weighted by molar-refractivity contribution is 0.796. The minimum atomic E-state index is 0.717. The fourth-order valence-corrected chi connectivity index (χ4v) is 1.49. The van der Waals surface area contributed by atoms with Crippen molar-refractivity contribution in [1.82, 2.24) is 0 Å². The lowest BCUT2D eigenvalue weighted by atomic mass is 10.3. The number of rotatable bonds is 4. The molecule has 0 heterocycles. The van der Waals surface area contributed by atoms with Gasteiger partial charge in [0.15, 0.2) is 0 Å². The van der Waals surface area contributed by atoms with Gasteiger partial charge in [0, 0.05) is 13.6 Å². The van der Waals surface area contributed by atoms with Gasteiger partial charge in [0.05, 0.1) is 10.7 Å². The summed E-state index contributed by atoms with van der Waals surface area (Å²) in [4.78, 5) is 2.12. The van der Waals surface area contributed by atoms with Gasteiger partial charge in [-0.2, -0.15) is 0 Å². The number of anilines is 1. The molecule has 0 aliphatic heterocycles. The summed E-state index contributed by atoms with van der Waals surface area (Å²) >= 11 is 6.03. The number of halogens is 1. The van der Waals surface area contributed by atoms with Crippen LogP contribution in [0.15, 0.2) is 24.3 Å². The van der Waals surface area contributed by atoms with E-state index in [1.165, 1.54) is 0 Å². The average Bonchev–Trinajstić information content (AvgIpc) is 2.15. The number of benzene rings is 1. The predicted octanol–water partition coefficient (Wildman–Crippen LogP) is 2.12. The maximum Gasteiger partial charge on any atom is 0.0639 e. The zero-order chi connectivity index (χ0) is 9.68. The Kier molecular flexibility index (Phi) is 4.06. The molecule has 0 saturated carbocycles. The molecule has 0 saturated heterocycles. The Labute approximate surface area is 84.3 Å². The molecule has 72 valence electrons. The van der Waals surface area contributed by atoms with Gasteiger partial charge in [0.25, 0.3) is 0 Å². The highest BCUT2D eigenvalue weighted by Gasteiger charge is 2.03. The van der Waals surface area contributed by atoms with Crippen molar-refractivity contribution in [1.29, 1.82) is 0 Å². The monoisotopic (exact) mass is 198 g/mol. The highest BCUT2D eigenvalue weighted by atomic mass is 35.5. The second-order valence-corrected chi connectivity index (χ2v) is 3.42. The van der Waals surface area contributed by atoms with Crippen LogP contribution in [0, 0.1) is 0 Å². The zero-order valence-electron chi connectivity index (χ0n) is 7.83. The Morgan fingerprint density at radius 1 is 1.38 bits per heavy atom. The third kappa shape index (κ3) is 2.90. The summed E-state index contributed by atoms with van der Waals surface area (Å²) in [5.74, 6) is 0. The van der Waals surface area contributed by atoms with Crippen LogP contribution in [-0.4, -0.2) is 20.1 Å². The van der Waals surface area contributed by atoms with E-state index in [0.717, 1.165) is 30.2 Å². The van der Waals surface area contributed by atoms with Crippen molar-refractivity contribution in [2.45, 2.75) is 6.42 Å². The van der Waals surface area contributed by atoms with Gasteiger partial charge in [-0.05, 0) is 25.1 Å². The van der Waals surface area contributed by atoms with Crippen LogP contribution >= 0.6 is 11.6 Å². The highest BCUT2D eigenvalue weighted by molar-refractivity contribution is 6.33. The molecule has 0 atom stereocenters. The van der Waals surface area contributed by atoms with Crippen LogP contribution in [0.2, 0.25) is 5.02 Å². The Morgan fingerprint density at radius 2 is 2.08 bits per heavy atom. The first kappa shape index (κ1) is 10.4. The molecule has 0 aliphatic carbocycles. The molecule has 3 heteroatoms. The molecule has 0 amide bonds. The Hall–Kier alpha value is -0.730. The van der Waals surface area contributed by atoms with Crippen molar-refractivity contribution in [3.05, 3.63) is 29.3 Å². The number of nitrogens with two attached hydrogens (primary N) is 1. The molecule has 0 aliphatic rings. The summed E-state index contributed by atoms with van der Waals surface area (Å²) in [5, 5.41) is 0.794. The maximum atomic E-state index is 6.03. The number of nitrogens with zero attached hydrogens (tertiary/aromatic N) is 1. The van der Waals surface area contributed by atoms with Gasteiger partial charge in [-0.25, -0.2) is 0 Å². The fourth-order valence-electron chi connectivity index (χ4n) is 1.21. The molecule has 0 spiro atoms. The average molecular weight is 199 g/mol. The first-order valence-electron chi connectivity index (χ1n) is 4.41. The first-order chi connectivity index (χ1) is 6.25. The van der Waals surface area contributed by atoms with Crippen LogP contribution in [0.25, 0.3) is 0 Å². The van der Waals surface area contributed by atoms with Crippen LogP contribution in [0.4, 0.5) is 5.69 Å². The summed E-state index contributed by atoms with van der Waals surface area (Å²) in [6, 6.07) is 7.83. The van der Waals surface area contributed by atoms with E-state index < -0.39 is 0 Å². The molecule has 0 unspecified atom stereocenters. The summed E-state index contributed by atoms with van der Waals surface area (Å²) in [5.41, 5.74) is 6.50. The lowest BCUT2D eigenvalue weighted by Crippen LogP contribution is -2.21. The van der Waals surface area contributed by atoms with Gasteiger partial charge in [-0.3, -0.25) is 0 Å². The van der Waals surface area contributed by atoms with E-state index in [2.05, 4.69) is 4.90 Å². The van der Waals surface area contributed by atoms with Crippen molar-refractivity contribution in [3.8, 4) is 0 Å². The van der Waals surface area contributed by atoms with Crippen LogP contribution < -0.4 is 10.6 Å². The fraction of sp³-hybridized carbons (Fsp3) is 0.400. The van der Waals surface area contributed by atoms with E-state index in [-0.39, 0.29) is 0 Å². The second kappa shape index (κ2) is 5.10. The normalized spacial score (nSPS) is 10.1. The van der Waals surface area contributed by atoms with Gasteiger partial charge >= 0.3 is 0 Å². The van der Waals surface area contributed by atoms with Crippen LogP contribution in [0.5, 0.6) is 0 Å². The Morgan fingerprint density at radius 3 is 2.69 bits per heavy atom. The van der Waals surface area contributed by atoms with Crippen molar-refractivity contribution in [3.63, 3.8) is 0 Å². The molecule has 2 N–H and O–H groups in total. The number of hydrogen-bond acceptors (Lipinski definition) is 2. The lowest BCUT2D eigenvalue weighted by Gasteiger charge is -2.19. The quantitative estimate of drug-likeness (QED) is 0.803. The van der Waals surface area contributed by atoms with Crippen molar-refractivity contribution in [2.24, 2.45) is 5.73 Å². The molecule has 1 aromatic rings. The first-order valence-corrected chi connectivity index (χ1v) is 4.79. The summed E-state index contributed by atoms with van der Waals surface area (Å²) < 4.78 is 0. The van der Waals surface area contributed by atoms with Gasteiger partial charge < -0.3 is 10.6 Å². The molecule has 0 bridgehead atoms. The molecule has 0 aromatic heterocycles. The molecule has 0 fully saturated rings. The van der Waals surface area contributed by atoms with Crippen LogP contribution in [0.3, 0.4) is 0 Å². The van der Waals surface area contributed by atoms with E-state index in [1.54, 1.807) is 0 Å². The molecule has 2 nitrogen and oxygen atoms in total. The van der Waals surface area contributed by atoms with Crippen molar-refractivity contribution in [2.75, 3.05) is 25.0 Å².